The highest BCUT2D eigenvalue weighted by Gasteiger charge is 2.09. The van der Waals surface area contributed by atoms with E-state index in [2.05, 4.69) is 16.8 Å². The largest absolute Gasteiger partial charge is 0.495 e. The van der Waals surface area contributed by atoms with E-state index >= 15 is 0 Å². The van der Waals surface area contributed by atoms with E-state index in [1.165, 1.54) is 19.2 Å². The summed E-state index contributed by atoms with van der Waals surface area (Å²) < 4.78 is 5.10. The Balaban J connectivity index is 2.36. The Hall–Kier alpha value is -2.87. The second-order valence-corrected chi connectivity index (χ2v) is 3.61. The van der Waals surface area contributed by atoms with Crippen LogP contribution < -0.4 is 4.74 Å². The molecule has 0 fully saturated rings. The predicted molar refractivity (Wildman–Crippen MR) is 69.9 cm³/mol. The SMILES string of the molecule is COc1cc([N+](=O)[O-])ccc1C#Cc1ccccn1. The van der Waals surface area contributed by atoms with Crippen molar-refractivity contribution < 1.29 is 9.66 Å². The van der Waals surface area contributed by atoms with Crippen LogP contribution in [0.3, 0.4) is 0 Å². The average Bonchev–Trinajstić information content (AvgIpc) is 2.45. The van der Waals surface area contributed by atoms with Gasteiger partial charge in [-0.25, -0.2) is 4.98 Å². The van der Waals surface area contributed by atoms with E-state index in [0.29, 0.717) is 17.0 Å². The van der Waals surface area contributed by atoms with Crippen LogP contribution in [0.25, 0.3) is 0 Å². The van der Waals surface area contributed by atoms with E-state index in [4.69, 9.17) is 4.74 Å². The van der Waals surface area contributed by atoms with Crippen molar-refractivity contribution in [1.29, 1.82) is 0 Å². The average molecular weight is 254 g/mol. The number of aromatic nitrogens is 1. The third kappa shape index (κ3) is 3.07. The fourth-order valence-corrected chi connectivity index (χ4v) is 1.46. The summed E-state index contributed by atoms with van der Waals surface area (Å²) in [7, 11) is 1.45. The van der Waals surface area contributed by atoms with Crippen LogP contribution in [0, 0.1) is 22.0 Å². The lowest BCUT2D eigenvalue weighted by atomic mass is 10.2. The maximum absolute atomic E-state index is 10.7. The zero-order chi connectivity index (χ0) is 13.7. The predicted octanol–water partition coefficient (Wildman–Crippen LogP) is 2.40. The van der Waals surface area contributed by atoms with Crippen LogP contribution in [0.15, 0.2) is 42.6 Å². The standard InChI is InChI=1S/C14H10N2O3/c1-19-14-10-13(16(17)18)8-6-11(14)5-7-12-4-2-3-9-15-12/h2-4,6,8-10H,1H3. The quantitative estimate of drug-likeness (QED) is 0.469. The summed E-state index contributed by atoms with van der Waals surface area (Å²) in [5.74, 6) is 6.13. The van der Waals surface area contributed by atoms with Gasteiger partial charge in [0.05, 0.1) is 23.7 Å². The Morgan fingerprint density at radius 1 is 1.26 bits per heavy atom. The van der Waals surface area contributed by atoms with E-state index in [1.54, 1.807) is 24.4 Å². The minimum atomic E-state index is -0.474. The van der Waals surface area contributed by atoms with Crippen molar-refractivity contribution in [2.24, 2.45) is 0 Å². The van der Waals surface area contributed by atoms with Gasteiger partial charge in [-0.3, -0.25) is 10.1 Å². The third-order valence-corrected chi connectivity index (χ3v) is 2.39. The third-order valence-electron chi connectivity index (χ3n) is 2.39. The molecule has 0 N–H and O–H groups in total. The fourth-order valence-electron chi connectivity index (χ4n) is 1.46. The van der Waals surface area contributed by atoms with Crippen LogP contribution in [0.4, 0.5) is 5.69 Å². The summed E-state index contributed by atoms with van der Waals surface area (Å²) in [4.78, 5) is 14.3. The second-order valence-electron chi connectivity index (χ2n) is 3.61. The number of methoxy groups -OCH3 is 1. The molecule has 0 amide bonds. The molecule has 0 spiro atoms. The first-order chi connectivity index (χ1) is 9.20. The maximum atomic E-state index is 10.7. The first-order valence-corrected chi connectivity index (χ1v) is 5.46. The maximum Gasteiger partial charge on any atom is 0.273 e. The topological polar surface area (TPSA) is 65.3 Å². The highest BCUT2D eigenvalue weighted by molar-refractivity contribution is 5.53. The molecule has 0 aliphatic heterocycles. The van der Waals surface area contributed by atoms with Crippen LogP contribution in [0.1, 0.15) is 11.3 Å². The number of rotatable bonds is 2. The minimum absolute atomic E-state index is 0.0276. The minimum Gasteiger partial charge on any atom is -0.495 e. The molecule has 0 bridgehead atoms. The van der Waals surface area contributed by atoms with Crippen LogP contribution in [0.5, 0.6) is 5.75 Å². The molecule has 5 nitrogen and oxygen atoms in total. The van der Waals surface area contributed by atoms with Gasteiger partial charge < -0.3 is 4.74 Å². The number of hydrogen-bond acceptors (Lipinski definition) is 4. The highest BCUT2D eigenvalue weighted by Crippen LogP contribution is 2.23. The molecule has 2 rings (SSSR count). The number of nitro benzene ring substituents is 1. The van der Waals surface area contributed by atoms with Crippen molar-refractivity contribution in [1.82, 2.24) is 4.98 Å². The molecule has 0 aliphatic carbocycles. The summed E-state index contributed by atoms with van der Waals surface area (Å²) in [6.07, 6.45) is 1.65. The van der Waals surface area contributed by atoms with Crippen molar-refractivity contribution in [3.05, 3.63) is 64.0 Å². The van der Waals surface area contributed by atoms with Crippen molar-refractivity contribution in [3.63, 3.8) is 0 Å². The van der Waals surface area contributed by atoms with Crippen LogP contribution >= 0.6 is 0 Å². The number of non-ortho nitro benzene ring substituents is 1. The summed E-state index contributed by atoms with van der Waals surface area (Å²) in [6.45, 7) is 0. The van der Waals surface area contributed by atoms with E-state index in [9.17, 15) is 10.1 Å². The number of nitrogens with zero attached hydrogens (tertiary/aromatic N) is 2. The van der Waals surface area contributed by atoms with Gasteiger partial charge in [0.25, 0.3) is 5.69 Å². The van der Waals surface area contributed by atoms with Crippen LogP contribution in [-0.2, 0) is 0 Å². The summed E-state index contributed by atoms with van der Waals surface area (Å²) in [5.41, 5.74) is 1.18. The van der Waals surface area contributed by atoms with Crippen LogP contribution in [0.2, 0.25) is 0 Å². The Morgan fingerprint density at radius 2 is 2.11 bits per heavy atom. The van der Waals surface area contributed by atoms with Gasteiger partial charge in [0.2, 0.25) is 0 Å². The molecular formula is C14H10N2O3. The Morgan fingerprint density at radius 3 is 2.74 bits per heavy atom. The number of ether oxygens (including phenoxy) is 1. The molecule has 2 aromatic rings. The Bertz CT molecular complexity index is 657. The Labute approximate surface area is 110 Å². The van der Waals surface area contributed by atoms with E-state index < -0.39 is 4.92 Å². The molecule has 19 heavy (non-hydrogen) atoms. The summed E-state index contributed by atoms with van der Waals surface area (Å²) in [5, 5.41) is 10.7. The van der Waals surface area contributed by atoms with Gasteiger partial charge in [0.1, 0.15) is 11.4 Å². The monoisotopic (exact) mass is 254 g/mol. The van der Waals surface area contributed by atoms with Crippen LogP contribution in [-0.4, -0.2) is 17.0 Å². The Kier molecular flexibility index (Phi) is 3.74. The van der Waals surface area contributed by atoms with Gasteiger partial charge in [-0.15, -0.1) is 0 Å². The first kappa shape index (κ1) is 12.6. The number of nitro groups is 1. The van der Waals surface area contributed by atoms with Crippen molar-refractivity contribution >= 4 is 5.69 Å². The molecular weight excluding hydrogens is 244 g/mol. The fraction of sp³-hybridized carbons (Fsp3) is 0.0714. The zero-order valence-corrected chi connectivity index (χ0v) is 10.2. The van der Waals surface area contributed by atoms with Crippen molar-refractivity contribution in [2.45, 2.75) is 0 Å². The van der Waals surface area contributed by atoms with Crippen molar-refractivity contribution in [3.8, 4) is 17.6 Å². The first-order valence-electron chi connectivity index (χ1n) is 5.46. The molecule has 1 heterocycles. The van der Waals surface area contributed by atoms with E-state index in [1.807, 2.05) is 6.07 Å². The highest BCUT2D eigenvalue weighted by atomic mass is 16.6. The summed E-state index contributed by atoms with van der Waals surface area (Å²) in [6, 6.07) is 9.73. The molecule has 1 aromatic heterocycles. The van der Waals surface area contributed by atoms with Gasteiger partial charge in [0, 0.05) is 12.3 Å². The lowest BCUT2D eigenvalue weighted by Crippen LogP contribution is -1.92. The number of hydrogen-bond donors (Lipinski definition) is 0. The number of benzene rings is 1. The molecule has 0 saturated heterocycles. The van der Waals surface area contributed by atoms with Crippen molar-refractivity contribution in [2.75, 3.05) is 7.11 Å². The molecule has 0 saturated carbocycles. The molecule has 94 valence electrons. The smallest absolute Gasteiger partial charge is 0.273 e. The summed E-state index contributed by atoms with van der Waals surface area (Å²) >= 11 is 0. The second kappa shape index (κ2) is 5.65. The number of pyridine rings is 1. The molecule has 0 unspecified atom stereocenters. The molecule has 0 radical (unpaired) electrons. The lowest BCUT2D eigenvalue weighted by molar-refractivity contribution is -0.384. The molecule has 0 aliphatic rings. The lowest BCUT2D eigenvalue weighted by Gasteiger charge is -2.02. The molecule has 5 heteroatoms. The van der Waals surface area contributed by atoms with E-state index in [-0.39, 0.29) is 5.69 Å². The van der Waals surface area contributed by atoms with Gasteiger partial charge in [-0.1, -0.05) is 12.0 Å². The zero-order valence-electron chi connectivity index (χ0n) is 10.2. The van der Waals surface area contributed by atoms with Gasteiger partial charge in [-0.2, -0.15) is 0 Å². The normalized spacial score (nSPS) is 9.32. The van der Waals surface area contributed by atoms with Gasteiger partial charge >= 0.3 is 0 Å². The van der Waals surface area contributed by atoms with E-state index in [0.717, 1.165) is 0 Å². The molecule has 1 aromatic carbocycles. The van der Waals surface area contributed by atoms with Gasteiger partial charge in [-0.05, 0) is 24.1 Å². The van der Waals surface area contributed by atoms with Gasteiger partial charge in [0.15, 0.2) is 0 Å². The molecule has 0 atom stereocenters.